The Bertz CT molecular complexity index is 317. The van der Waals surface area contributed by atoms with Gasteiger partial charge in [0.15, 0.2) is 0 Å². The predicted octanol–water partition coefficient (Wildman–Crippen LogP) is 1.89. The van der Waals surface area contributed by atoms with Gasteiger partial charge in [0.1, 0.15) is 0 Å². The summed E-state index contributed by atoms with van der Waals surface area (Å²) in [5.74, 6) is -1.66. The number of benzene rings is 1. The fourth-order valence-electron chi connectivity index (χ4n) is 1.12. The molecule has 3 nitrogen and oxygen atoms in total. The van der Waals surface area contributed by atoms with Gasteiger partial charge in [-0.2, -0.15) is 0 Å². The Kier molecular flexibility index (Phi) is 5.53. The molecule has 1 unspecified atom stereocenters. The summed E-state index contributed by atoms with van der Waals surface area (Å²) in [6.07, 6.45) is 0. The van der Waals surface area contributed by atoms with Crippen molar-refractivity contribution in [2.45, 2.75) is 5.92 Å². The third kappa shape index (κ3) is 2.87. The quantitative estimate of drug-likeness (QED) is 0.842. The molecule has 1 aromatic rings. The van der Waals surface area contributed by atoms with Gasteiger partial charge in [0.05, 0.1) is 5.92 Å². The number of hydrogen-bond acceptors (Lipinski definition) is 2. The van der Waals surface area contributed by atoms with Crippen molar-refractivity contribution in [1.29, 1.82) is 0 Å². The largest absolute Gasteiger partial charge is 0.481 e. The van der Waals surface area contributed by atoms with E-state index in [-0.39, 0.29) is 19.0 Å². The molecule has 78 valence electrons. The van der Waals surface area contributed by atoms with Crippen LogP contribution < -0.4 is 5.73 Å². The highest BCUT2D eigenvalue weighted by molar-refractivity contribution is 6.31. The number of carboxylic acid groups (broad SMARTS) is 1. The summed E-state index contributed by atoms with van der Waals surface area (Å²) in [5.41, 5.74) is 5.90. The van der Waals surface area contributed by atoms with Gasteiger partial charge in [-0.25, -0.2) is 0 Å². The maximum atomic E-state index is 10.7. The van der Waals surface area contributed by atoms with Gasteiger partial charge in [-0.15, -0.1) is 12.4 Å². The van der Waals surface area contributed by atoms with E-state index in [2.05, 4.69) is 0 Å². The van der Waals surface area contributed by atoms with Crippen LogP contribution in [0.2, 0.25) is 5.02 Å². The van der Waals surface area contributed by atoms with E-state index in [4.69, 9.17) is 22.4 Å². The standard InChI is InChI=1S/C9H10ClNO2.ClH/c10-8-4-2-1-3-6(8)7(5-11)9(12)13;/h1-4,7H,5,11H2,(H,12,13);1H. The fourth-order valence-corrected chi connectivity index (χ4v) is 1.39. The number of aliphatic carboxylic acids is 1. The van der Waals surface area contributed by atoms with E-state index in [1.165, 1.54) is 0 Å². The first-order valence-corrected chi connectivity index (χ1v) is 4.22. The number of carbonyl (C=O) groups is 1. The van der Waals surface area contributed by atoms with Crippen molar-refractivity contribution in [3.8, 4) is 0 Å². The molecule has 0 aliphatic rings. The summed E-state index contributed by atoms with van der Waals surface area (Å²) in [5, 5.41) is 9.26. The highest BCUT2D eigenvalue weighted by Crippen LogP contribution is 2.23. The molecular weight excluding hydrogens is 225 g/mol. The molecule has 0 spiro atoms. The molecule has 0 aliphatic carbocycles. The summed E-state index contributed by atoms with van der Waals surface area (Å²) < 4.78 is 0. The molecule has 0 aromatic heterocycles. The normalized spacial score (nSPS) is 11.6. The summed E-state index contributed by atoms with van der Waals surface area (Å²) >= 11 is 5.82. The molecule has 0 fully saturated rings. The number of rotatable bonds is 3. The molecule has 0 saturated carbocycles. The summed E-state index contributed by atoms with van der Waals surface area (Å²) in [6.45, 7) is 0.0546. The van der Waals surface area contributed by atoms with Crippen LogP contribution in [0.3, 0.4) is 0 Å². The van der Waals surface area contributed by atoms with Crippen LogP contribution in [0.4, 0.5) is 0 Å². The van der Waals surface area contributed by atoms with E-state index in [0.29, 0.717) is 10.6 Å². The zero-order chi connectivity index (χ0) is 9.84. The van der Waals surface area contributed by atoms with E-state index >= 15 is 0 Å². The van der Waals surface area contributed by atoms with E-state index in [0.717, 1.165) is 0 Å². The van der Waals surface area contributed by atoms with Crippen LogP contribution in [0, 0.1) is 0 Å². The zero-order valence-electron chi connectivity index (χ0n) is 7.31. The molecule has 5 heteroatoms. The Balaban J connectivity index is 0.00000169. The van der Waals surface area contributed by atoms with Crippen molar-refractivity contribution < 1.29 is 9.90 Å². The van der Waals surface area contributed by atoms with Gasteiger partial charge in [0, 0.05) is 11.6 Å². The smallest absolute Gasteiger partial charge is 0.312 e. The summed E-state index contributed by atoms with van der Waals surface area (Å²) in [7, 11) is 0. The monoisotopic (exact) mass is 235 g/mol. The summed E-state index contributed by atoms with van der Waals surface area (Å²) in [4.78, 5) is 10.7. The Hall–Kier alpha value is -0.770. The number of halogens is 2. The molecule has 0 radical (unpaired) electrons. The van der Waals surface area contributed by atoms with Crippen molar-refractivity contribution >= 4 is 30.0 Å². The van der Waals surface area contributed by atoms with Crippen molar-refractivity contribution in [2.24, 2.45) is 5.73 Å². The van der Waals surface area contributed by atoms with Crippen molar-refractivity contribution in [2.75, 3.05) is 6.54 Å². The highest BCUT2D eigenvalue weighted by atomic mass is 35.5. The topological polar surface area (TPSA) is 63.3 Å². The molecule has 1 atom stereocenters. The van der Waals surface area contributed by atoms with Gasteiger partial charge < -0.3 is 10.8 Å². The summed E-state index contributed by atoms with van der Waals surface area (Å²) in [6, 6.07) is 6.82. The fraction of sp³-hybridized carbons (Fsp3) is 0.222. The minimum atomic E-state index is -0.949. The van der Waals surface area contributed by atoms with Gasteiger partial charge in [-0.3, -0.25) is 4.79 Å². The molecule has 14 heavy (non-hydrogen) atoms. The first-order valence-electron chi connectivity index (χ1n) is 3.84. The first kappa shape index (κ1) is 13.2. The van der Waals surface area contributed by atoms with Crippen molar-refractivity contribution in [3.05, 3.63) is 34.9 Å². The van der Waals surface area contributed by atoms with Crippen molar-refractivity contribution in [1.82, 2.24) is 0 Å². The first-order chi connectivity index (χ1) is 6.16. The molecule has 0 saturated heterocycles. The van der Waals surface area contributed by atoms with Crippen LogP contribution in [0.25, 0.3) is 0 Å². The maximum Gasteiger partial charge on any atom is 0.312 e. The van der Waals surface area contributed by atoms with E-state index in [1.54, 1.807) is 24.3 Å². The average Bonchev–Trinajstić information content (AvgIpc) is 2.09. The van der Waals surface area contributed by atoms with Crippen LogP contribution in [-0.4, -0.2) is 17.6 Å². The van der Waals surface area contributed by atoms with Crippen molar-refractivity contribution in [3.63, 3.8) is 0 Å². The van der Waals surface area contributed by atoms with E-state index in [1.807, 2.05) is 0 Å². The molecule has 1 aromatic carbocycles. The molecule has 0 aliphatic heterocycles. The predicted molar refractivity (Wildman–Crippen MR) is 58.1 cm³/mol. The molecule has 0 amide bonds. The molecule has 0 heterocycles. The minimum absolute atomic E-state index is 0. The van der Waals surface area contributed by atoms with Crippen LogP contribution in [0.15, 0.2) is 24.3 Å². The van der Waals surface area contributed by atoms with Gasteiger partial charge in [0.25, 0.3) is 0 Å². The molecule has 0 bridgehead atoms. The molecule has 1 rings (SSSR count). The molecule has 3 N–H and O–H groups in total. The highest BCUT2D eigenvalue weighted by Gasteiger charge is 2.19. The lowest BCUT2D eigenvalue weighted by Gasteiger charge is -2.10. The van der Waals surface area contributed by atoms with Crippen LogP contribution in [0.1, 0.15) is 11.5 Å². The Morgan fingerprint density at radius 1 is 1.50 bits per heavy atom. The van der Waals surface area contributed by atoms with Crippen LogP contribution in [-0.2, 0) is 4.79 Å². The second-order valence-corrected chi connectivity index (χ2v) is 3.06. The number of carboxylic acids is 1. The third-order valence-electron chi connectivity index (χ3n) is 1.81. The van der Waals surface area contributed by atoms with Gasteiger partial charge >= 0.3 is 5.97 Å². The Morgan fingerprint density at radius 2 is 2.07 bits per heavy atom. The minimum Gasteiger partial charge on any atom is -0.481 e. The van der Waals surface area contributed by atoms with Gasteiger partial charge in [-0.05, 0) is 11.6 Å². The van der Waals surface area contributed by atoms with Crippen LogP contribution >= 0.6 is 24.0 Å². The van der Waals surface area contributed by atoms with Gasteiger partial charge in [0.2, 0.25) is 0 Å². The maximum absolute atomic E-state index is 10.7. The lowest BCUT2D eigenvalue weighted by atomic mass is 10.00. The Labute approximate surface area is 93.3 Å². The second kappa shape index (κ2) is 5.86. The third-order valence-corrected chi connectivity index (χ3v) is 2.16. The number of hydrogen-bond donors (Lipinski definition) is 2. The SMILES string of the molecule is Cl.NCC(C(=O)O)c1ccccc1Cl. The van der Waals surface area contributed by atoms with E-state index < -0.39 is 11.9 Å². The average molecular weight is 236 g/mol. The van der Waals surface area contributed by atoms with Gasteiger partial charge in [-0.1, -0.05) is 29.8 Å². The Morgan fingerprint density at radius 3 is 2.50 bits per heavy atom. The second-order valence-electron chi connectivity index (χ2n) is 2.65. The number of nitrogens with two attached hydrogens (primary N) is 1. The molecular formula is C9H11Cl2NO2. The lowest BCUT2D eigenvalue weighted by Crippen LogP contribution is -2.21. The van der Waals surface area contributed by atoms with E-state index in [9.17, 15) is 4.79 Å². The zero-order valence-corrected chi connectivity index (χ0v) is 8.89. The lowest BCUT2D eigenvalue weighted by molar-refractivity contribution is -0.138. The van der Waals surface area contributed by atoms with Crippen LogP contribution in [0.5, 0.6) is 0 Å².